The van der Waals surface area contributed by atoms with Crippen molar-refractivity contribution < 1.29 is 0 Å². The number of hydrogen-bond donors (Lipinski definition) is 0. The molecule has 0 aliphatic heterocycles. The molecule has 0 aliphatic rings. The summed E-state index contributed by atoms with van der Waals surface area (Å²) in [6.07, 6.45) is 0. The third-order valence-electron chi connectivity index (χ3n) is 2.67. The lowest BCUT2D eigenvalue weighted by atomic mass is 10.1. The summed E-state index contributed by atoms with van der Waals surface area (Å²) in [6, 6.07) is 0. The van der Waals surface area contributed by atoms with Gasteiger partial charge in [0.05, 0.1) is 21.4 Å². The first kappa shape index (κ1) is 11.7. The molecule has 0 N–H and O–H groups in total. The minimum absolute atomic E-state index is 0.428. The number of rotatable bonds is 2. The van der Waals surface area contributed by atoms with Crippen LogP contribution in [-0.4, -0.2) is 9.97 Å². The number of aromatic nitrogens is 2. The number of nitrogens with zero attached hydrogens (tertiary/aromatic N) is 2. The highest BCUT2D eigenvalue weighted by Crippen LogP contribution is 2.35. The topological polar surface area (TPSA) is 25.8 Å². The molecule has 0 fully saturated rings. The molecule has 2 aromatic rings. The summed E-state index contributed by atoms with van der Waals surface area (Å²) < 4.78 is 0. The molecule has 0 aliphatic carbocycles. The van der Waals surface area contributed by atoms with Crippen LogP contribution in [0, 0.1) is 27.7 Å². The second-order valence-corrected chi connectivity index (χ2v) is 6.56. The first-order chi connectivity index (χ1) is 7.49. The van der Waals surface area contributed by atoms with Crippen molar-refractivity contribution in [2.24, 2.45) is 0 Å². The first-order valence-corrected chi connectivity index (χ1v) is 7.00. The van der Waals surface area contributed by atoms with Crippen molar-refractivity contribution in [2.75, 3.05) is 0 Å². The van der Waals surface area contributed by atoms with Crippen molar-refractivity contribution in [3.63, 3.8) is 0 Å². The molecule has 0 atom stereocenters. The molecule has 0 saturated heterocycles. The average Bonchev–Trinajstić information content (AvgIpc) is 2.68. The minimum Gasteiger partial charge on any atom is -0.247 e. The van der Waals surface area contributed by atoms with Gasteiger partial charge >= 0.3 is 0 Å². The molecule has 0 saturated carbocycles. The van der Waals surface area contributed by atoms with E-state index in [9.17, 15) is 0 Å². The molecule has 2 rings (SSSR count). The highest BCUT2D eigenvalue weighted by molar-refractivity contribution is 7.13. The Morgan fingerprint density at radius 3 is 1.44 bits per heavy atom. The number of hydrogen-bond acceptors (Lipinski definition) is 4. The van der Waals surface area contributed by atoms with Gasteiger partial charge in [0.1, 0.15) is 0 Å². The summed E-state index contributed by atoms with van der Waals surface area (Å²) in [4.78, 5) is 11.8. The predicted octanol–water partition coefficient (Wildman–Crippen LogP) is 3.99. The standard InChI is InChI=1S/C12H16N2S2/c1-6(11-7(2)13-9(4)15-11)12-8(3)14-10(5)16-12/h6H,1-5H3. The first-order valence-electron chi connectivity index (χ1n) is 5.37. The molecule has 0 amide bonds. The van der Waals surface area contributed by atoms with Gasteiger partial charge in [-0.3, -0.25) is 0 Å². The van der Waals surface area contributed by atoms with Crippen LogP contribution in [0.5, 0.6) is 0 Å². The molecule has 0 aromatic carbocycles. The van der Waals surface area contributed by atoms with E-state index in [2.05, 4.69) is 44.6 Å². The van der Waals surface area contributed by atoms with E-state index in [1.165, 1.54) is 21.1 Å². The van der Waals surface area contributed by atoms with E-state index >= 15 is 0 Å². The molecule has 4 heteroatoms. The molecular formula is C12H16N2S2. The van der Waals surface area contributed by atoms with Crippen molar-refractivity contribution in [3.8, 4) is 0 Å². The molecular weight excluding hydrogens is 236 g/mol. The summed E-state index contributed by atoms with van der Waals surface area (Å²) >= 11 is 3.61. The van der Waals surface area contributed by atoms with Crippen LogP contribution in [0.25, 0.3) is 0 Å². The van der Waals surface area contributed by atoms with E-state index in [-0.39, 0.29) is 0 Å². The van der Waals surface area contributed by atoms with Gasteiger partial charge in [-0.05, 0) is 27.7 Å². The summed E-state index contributed by atoms with van der Waals surface area (Å²) in [5.41, 5.74) is 2.33. The molecule has 0 spiro atoms. The maximum atomic E-state index is 4.50. The van der Waals surface area contributed by atoms with E-state index < -0.39 is 0 Å². The van der Waals surface area contributed by atoms with Gasteiger partial charge in [0, 0.05) is 15.7 Å². The van der Waals surface area contributed by atoms with E-state index in [0.29, 0.717) is 5.92 Å². The quantitative estimate of drug-likeness (QED) is 0.807. The van der Waals surface area contributed by atoms with Crippen LogP contribution in [0.4, 0.5) is 0 Å². The Morgan fingerprint density at radius 1 is 0.812 bits per heavy atom. The summed E-state index contributed by atoms with van der Waals surface area (Å²) in [6.45, 7) is 10.6. The Kier molecular flexibility index (Phi) is 3.13. The molecule has 2 heterocycles. The maximum Gasteiger partial charge on any atom is 0.0900 e. The maximum absolute atomic E-state index is 4.50. The van der Waals surface area contributed by atoms with Gasteiger partial charge in [-0.1, -0.05) is 6.92 Å². The zero-order chi connectivity index (χ0) is 11.9. The second-order valence-electron chi connectivity index (χ2n) is 4.09. The largest absolute Gasteiger partial charge is 0.247 e. The number of thiazole rings is 2. The van der Waals surface area contributed by atoms with Crippen molar-refractivity contribution >= 4 is 22.7 Å². The third-order valence-corrected chi connectivity index (χ3v) is 5.18. The molecule has 2 nitrogen and oxygen atoms in total. The molecule has 2 aromatic heterocycles. The van der Waals surface area contributed by atoms with E-state index in [4.69, 9.17) is 0 Å². The van der Waals surface area contributed by atoms with Gasteiger partial charge < -0.3 is 0 Å². The van der Waals surface area contributed by atoms with Gasteiger partial charge in [-0.25, -0.2) is 9.97 Å². The summed E-state index contributed by atoms with van der Waals surface area (Å²) in [7, 11) is 0. The Morgan fingerprint density at radius 2 is 1.19 bits per heavy atom. The fraction of sp³-hybridized carbons (Fsp3) is 0.500. The Balaban J connectivity index is 2.42. The smallest absolute Gasteiger partial charge is 0.0900 e. The zero-order valence-corrected chi connectivity index (χ0v) is 11.9. The minimum atomic E-state index is 0.428. The summed E-state index contributed by atoms with van der Waals surface area (Å²) in [5.74, 6) is 0.428. The van der Waals surface area contributed by atoms with Crippen LogP contribution in [-0.2, 0) is 0 Å². The Hall–Kier alpha value is -0.740. The molecule has 16 heavy (non-hydrogen) atoms. The zero-order valence-electron chi connectivity index (χ0n) is 10.3. The highest BCUT2D eigenvalue weighted by atomic mass is 32.1. The van der Waals surface area contributed by atoms with Crippen molar-refractivity contribution in [2.45, 2.75) is 40.5 Å². The lowest BCUT2D eigenvalue weighted by Gasteiger charge is -2.08. The molecule has 86 valence electrons. The molecule has 0 unspecified atom stereocenters. The van der Waals surface area contributed by atoms with Crippen LogP contribution < -0.4 is 0 Å². The fourth-order valence-corrected chi connectivity index (χ4v) is 4.07. The monoisotopic (exact) mass is 252 g/mol. The van der Waals surface area contributed by atoms with E-state index in [1.54, 1.807) is 22.7 Å². The van der Waals surface area contributed by atoms with Gasteiger partial charge in [0.25, 0.3) is 0 Å². The second kappa shape index (κ2) is 4.26. The lowest BCUT2D eigenvalue weighted by molar-refractivity contribution is 0.929. The van der Waals surface area contributed by atoms with Crippen molar-refractivity contribution in [1.82, 2.24) is 9.97 Å². The predicted molar refractivity (Wildman–Crippen MR) is 70.7 cm³/mol. The third kappa shape index (κ3) is 2.04. The normalized spacial score (nSPS) is 11.4. The van der Waals surface area contributed by atoms with Crippen LogP contribution in [0.15, 0.2) is 0 Å². The Labute approximate surface area is 104 Å². The van der Waals surface area contributed by atoms with Gasteiger partial charge in [0.2, 0.25) is 0 Å². The van der Waals surface area contributed by atoms with Crippen molar-refractivity contribution in [1.29, 1.82) is 0 Å². The highest BCUT2D eigenvalue weighted by Gasteiger charge is 2.19. The average molecular weight is 252 g/mol. The lowest BCUT2D eigenvalue weighted by Crippen LogP contribution is -1.95. The number of aryl methyl sites for hydroxylation is 4. The van der Waals surface area contributed by atoms with Gasteiger partial charge in [0.15, 0.2) is 0 Å². The van der Waals surface area contributed by atoms with Crippen LogP contribution in [0.3, 0.4) is 0 Å². The SMILES string of the molecule is Cc1nc(C)c(C(C)c2sc(C)nc2C)s1. The van der Waals surface area contributed by atoms with Crippen molar-refractivity contribution in [3.05, 3.63) is 31.2 Å². The van der Waals surface area contributed by atoms with E-state index in [0.717, 1.165) is 10.0 Å². The van der Waals surface area contributed by atoms with Crippen LogP contribution in [0.1, 0.15) is 44.0 Å². The Bertz CT molecular complexity index is 465. The van der Waals surface area contributed by atoms with E-state index in [1.807, 2.05) is 0 Å². The van der Waals surface area contributed by atoms with Gasteiger partial charge in [-0.15, -0.1) is 22.7 Å². The van der Waals surface area contributed by atoms with Crippen LogP contribution >= 0.6 is 22.7 Å². The molecule has 0 bridgehead atoms. The fourth-order valence-electron chi connectivity index (χ4n) is 2.02. The summed E-state index contributed by atoms with van der Waals surface area (Å²) in [5, 5.41) is 2.30. The van der Waals surface area contributed by atoms with Gasteiger partial charge in [-0.2, -0.15) is 0 Å². The van der Waals surface area contributed by atoms with Crippen LogP contribution in [0.2, 0.25) is 0 Å². The molecule has 0 radical (unpaired) electrons.